The number of para-hydroxylation sites is 1. The summed E-state index contributed by atoms with van der Waals surface area (Å²) < 4.78 is 30.5. The molecule has 0 bridgehead atoms. The van der Waals surface area contributed by atoms with E-state index in [0.29, 0.717) is 57.7 Å². The zero-order valence-corrected chi connectivity index (χ0v) is 26.8. The molecule has 0 saturated heterocycles. The van der Waals surface area contributed by atoms with Gasteiger partial charge < -0.3 is 23.7 Å². The van der Waals surface area contributed by atoms with Crippen LogP contribution in [0, 0.1) is 6.92 Å². The van der Waals surface area contributed by atoms with Crippen LogP contribution in [0.4, 0.5) is 0 Å². The lowest BCUT2D eigenvalue weighted by Gasteiger charge is -2.24. The molecule has 1 aliphatic rings. The maximum atomic E-state index is 14.0. The monoisotopic (exact) mass is 628 g/mol. The Labute approximate surface area is 265 Å². The largest absolute Gasteiger partial charge is 0.497 e. The Morgan fingerprint density at radius 1 is 0.911 bits per heavy atom. The number of carbonyl (C=O) groups is 1. The van der Waals surface area contributed by atoms with Crippen LogP contribution in [-0.4, -0.2) is 44.1 Å². The molecule has 0 spiro atoms. The van der Waals surface area contributed by atoms with Crippen molar-refractivity contribution in [3.63, 3.8) is 0 Å². The molecular formula is C35H36N2O7S. The third-order valence-electron chi connectivity index (χ3n) is 7.21. The second-order valence-electron chi connectivity index (χ2n) is 10.2. The van der Waals surface area contributed by atoms with Crippen molar-refractivity contribution >= 4 is 23.4 Å². The highest BCUT2D eigenvalue weighted by molar-refractivity contribution is 7.07. The topological polar surface area (TPSA) is 97.6 Å². The van der Waals surface area contributed by atoms with Crippen LogP contribution in [0.1, 0.15) is 43.5 Å². The van der Waals surface area contributed by atoms with Crippen molar-refractivity contribution in [2.24, 2.45) is 4.99 Å². The van der Waals surface area contributed by atoms with E-state index in [1.54, 1.807) is 43.7 Å². The minimum absolute atomic E-state index is 0.205. The number of nitrogens with zero attached hydrogens (tertiary/aromatic N) is 2. The molecule has 3 aromatic carbocycles. The van der Waals surface area contributed by atoms with Crippen LogP contribution >= 0.6 is 11.3 Å². The van der Waals surface area contributed by atoms with Gasteiger partial charge in [0.25, 0.3) is 5.56 Å². The zero-order chi connectivity index (χ0) is 31.9. The first-order valence-corrected chi connectivity index (χ1v) is 15.6. The van der Waals surface area contributed by atoms with Gasteiger partial charge in [0.2, 0.25) is 0 Å². The van der Waals surface area contributed by atoms with Crippen molar-refractivity contribution in [2.75, 3.05) is 33.5 Å². The number of allylic oxidation sites excluding steroid dienone is 1. The average molecular weight is 629 g/mol. The Bertz CT molecular complexity index is 1890. The molecular weight excluding hydrogens is 592 g/mol. The van der Waals surface area contributed by atoms with Crippen LogP contribution in [0.3, 0.4) is 0 Å². The smallest absolute Gasteiger partial charge is 0.338 e. The third kappa shape index (κ3) is 6.96. The summed E-state index contributed by atoms with van der Waals surface area (Å²) in [6.45, 7) is 8.77. The number of hydrogen-bond acceptors (Lipinski definition) is 9. The molecule has 0 radical (unpaired) electrons. The molecule has 2 heterocycles. The number of carbonyl (C=O) groups excluding carboxylic acids is 1. The fourth-order valence-corrected chi connectivity index (χ4v) is 6.11. The second-order valence-corrected chi connectivity index (χ2v) is 11.2. The van der Waals surface area contributed by atoms with Gasteiger partial charge in [0, 0.05) is 0 Å². The average Bonchev–Trinajstić information content (AvgIpc) is 3.34. The number of methoxy groups -OCH3 is 1. The number of aromatic nitrogens is 1. The van der Waals surface area contributed by atoms with E-state index in [0.717, 1.165) is 22.4 Å². The number of ether oxygens (including phenoxy) is 5. The van der Waals surface area contributed by atoms with Gasteiger partial charge in [-0.25, -0.2) is 9.79 Å². The molecule has 1 unspecified atom stereocenters. The van der Waals surface area contributed by atoms with E-state index in [2.05, 4.69) is 4.99 Å². The van der Waals surface area contributed by atoms with Crippen LogP contribution in [0.2, 0.25) is 0 Å². The number of thiazole rings is 1. The number of rotatable bonds is 12. The van der Waals surface area contributed by atoms with Gasteiger partial charge in [-0.05, 0) is 80.8 Å². The fourth-order valence-electron chi connectivity index (χ4n) is 5.07. The molecule has 0 aliphatic carbocycles. The van der Waals surface area contributed by atoms with Gasteiger partial charge in [0.05, 0.1) is 42.2 Å². The first-order valence-electron chi connectivity index (χ1n) is 14.8. The highest BCUT2D eigenvalue weighted by Crippen LogP contribution is 2.32. The van der Waals surface area contributed by atoms with Crippen LogP contribution < -0.4 is 33.8 Å². The highest BCUT2D eigenvalue weighted by atomic mass is 32.1. The Morgan fingerprint density at radius 3 is 2.33 bits per heavy atom. The summed E-state index contributed by atoms with van der Waals surface area (Å²) in [5.41, 5.74) is 3.13. The molecule has 1 aliphatic heterocycles. The quantitative estimate of drug-likeness (QED) is 0.161. The van der Waals surface area contributed by atoms with Crippen LogP contribution in [0.25, 0.3) is 6.08 Å². The van der Waals surface area contributed by atoms with Crippen LogP contribution in [0.5, 0.6) is 23.0 Å². The molecule has 1 aromatic heterocycles. The molecule has 10 heteroatoms. The summed E-state index contributed by atoms with van der Waals surface area (Å²) in [5, 5.41) is 0. The Kier molecular flexibility index (Phi) is 10.0. The molecule has 0 fully saturated rings. The first kappa shape index (κ1) is 31.6. The van der Waals surface area contributed by atoms with E-state index in [4.69, 9.17) is 23.7 Å². The lowest BCUT2D eigenvalue weighted by atomic mass is 9.96. The Balaban J connectivity index is 1.46. The van der Waals surface area contributed by atoms with Crippen molar-refractivity contribution in [1.82, 2.24) is 4.57 Å². The van der Waals surface area contributed by atoms with Gasteiger partial charge in [0.15, 0.2) is 16.3 Å². The van der Waals surface area contributed by atoms with Gasteiger partial charge in [-0.1, -0.05) is 47.7 Å². The minimum atomic E-state index is -0.704. The third-order valence-corrected chi connectivity index (χ3v) is 8.19. The van der Waals surface area contributed by atoms with Crippen molar-refractivity contribution < 1.29 is 28.5 Å². The standard InChI is InChI=1S/C35H36N2O7S/c1-6-41-29-20-24(12-17-28(29)44-19-18-43-27-11-9-8-10-22(27)3)21-30-33(38)37-32(25-13-15-26(40-5)16-14-25)31(34(39)42-7-2)23(4)36-35(37)45-30/h8-17,20-21,32H,6-7,18-19H2,1-5H3. The number of esters is 1. The van der Waals surface area contributed by atoms with Crippen molar-refractivity contribution in [3.8, 4) is 23.0 Å². The van der Waals surface area contributed by atoms with E-state index in [-0.39, 0.29) is 12.2 Å². The van der Waals surface area contributed by atoms with Gasteiger partial charge in [-0.15, -0.1) is 0 Å². The van der Waals surface area contributed by atoms with Gasteiger partial charge in [0.1, 0.15) is 24.7 Å². The molecule has 9 nitrogen and oxygen atoms in total. The predicted octanol–water partition coefficient (Wildman–Crippen LogP) is 4.97. The van der Waals surface area contributed by atoms with Gasteiger partial charge >= 0.3 is 5.97 Å². The van der Waals surface area contributed by atoms with E-state index >= 15 is 0 Å². The summed E-state index contributed by atoms with van der Waals surface area (Å²) in [6, 6.07) is 20.0. The molecule has 5 rings (SSSR count). The molecule has 0 N–H and O–H groups in total. The summed E-state index contributed by atoms with van der Waals surface area (Å²) in [6.07, 6.45) is 1.80. The number of aryl methyl sites for hydroxylation is 1. The summed E-state index contributed by atoms with van der Waals surface area (Å²) in [4.78, 5) is 32.2. The van der Waals surface area contributed by atoms with Crippen molar-refractivity contribution in [2.45, 2.75) is 33.7 Å². The maximum Gasteiger partial charge on any atom is 0.338 e. The van der Waals surface area contributed by atoms with E-state index < -0.39 is 12.0 Å². The summed E-state index contributed by atoms with van der Waals surface area (Å²) in [5.74, 6) is 2.13. The lowest BCUT2D eigenvalue weighted by Crippen LogP contribution is -2.39. The molecule has 1 atom stereocenters. The van der Waals surface area contributed by atoms with Gasteiger partial charge in [-0.3, -0.25) is 9.36 Å². The highest BCUT2D eigenvalue weighted by Gasteiger charge is 2.33. The second kappa shape index (κ2) is 14.3. The number of benzene rings is 3. The van der Waals surface area contributed by atoms with Crippen LogP contribution in [-0.2, 0) is 9.53 Å². The molecule has 45 heavy (non-hydrogen) atoms. The van der Waals surface area contributed by atoms with E-state index in [1.165, 1.54) is 11.3 Å². The Hall–Kier alpha value is -4.83. The predicted molar refractivity (Wildman–Crippen MR) is 173 cm³/mol. The Morgan fingerprint density at radius 2 is 1.64 bits per heavy atom. The molecule has 0 saturated carbocycles. The van der Waals surface area contributed by atoms with E-state index in [9.17, 15) is 9.59 Å². The number of fused-ring (bicyclic) bond motifs is 1. The lowest BCUT2D eigenvalue weighted by molar-refractivity contribution is -0.139. The molecule has 4 aromatic rings. The molecule has 234 valence electrons. The van der Waals surface area contributed by atoms with Gasteiger partial charge in [-0.2, -0.15) is 0 Å². The zero-order valence-electron chi connectivity index (χ0n) is 26.0. The normalized spacial score (nSPS) is 14.4. The van der Waals surface area contributed by atoms with Crippen molar-refractivity contribution in [1.29, 1.82) is 0 Å². The first-order chi connectivity index (χ1) is 21.8. The summed E-state index contributed by atoms with van der Waals surface area (Å²) in [7, 11) is 1.59. The SMILES string of the molecule is CCOC(=O)C1=C(C)N=c2sc(=Cc3ccc(OCCOc4ccccc4C)c(OCC)c3)c(=O)n2C1c1ccc(OC)cc1. The minimum Gasteiger partial charge on any atom is -0.497 e. The maximum absolute atomic E-state index is 14.0. The number of hydrogen-bond donors (Lipinski definition) is 0. The fraction of sp³-hybridized carbons (Fsp3) is 0.286. The molecule has 0 amide bonds. The van der Waals surface area contributed by atoms with Crippen LogP contribution in [0.15, 0.2) is 87.8 Å². The summed E-state index contributed by atoms with van der Waals surface area (Å²) >= 11 is 1.26. The van der Waals surface area contributed by atoms with Crippen molar-refractivity contribution in [3.05, 3.63) is 114 Å². The van der Waals surface area contributed by atoms with E-state index in [1.807, 2.05) is 68.4 Å².